The quantitative estimate of drug-likeness (QED) is 0.433. The number of aldehydes is 1. The Morgan fingerprint density at radius 3 is 2.60 bits per heavy atom. The Morgan fingerprint density at radius 2 is 2.13 bits per heavy atom. The minimum Gasteiger partial charge on any atom is -0.303 e. The van der Waals surface area contributed by atoms with E-state index >= 15 is 0 Å². The van der Waals surface area contributed by atoms with E-state index in [1.807, 2.05) is 19.9 Å². The zero-order valence-corrected chi connectivity index (χ0v) is 8.77. The molecule has 0 atom stereocenters. The van der Waals surface area contributed by atoms with Crippen LogP contribution in [0.2, 0.25) is 0 Å². The Balaban J connectivity index is 3.20. The maximum Gasteiger partial charge on any atom is 0.273 e. The van der Waals surface area contributed by atoms with Crippen molar-refractivity contribution in [1.82, 2.24) is 0 Å². The van der Waals surface area contributed by atoms with Crippen LogP contribution >= 0.6 is 0 Å². The maximum atomic E-state index is 10.8. The van der Waals surface area contributed by atoms with Crippen LogP contribution in [0.3, 0.4) is 0 Å². The summed E-state index contributed by atoms with van der Waals surface area (Å²) in [6.45, 7) is 3.94. The first-order valence-electron chi connectivity index (χ1n) is 4.77. The first-order chi connectivity index (χ1) is 7.06. The molecule has 0 unspecified atom stereocenters. The molecule has 0 spiro atoms. The van der Waals surface area contributed by atoms with Gasteiger partial charge in [0.25, 0.3) is 5.69 Å². The highest BCUT2D eigenvalue weighted by molar-refractivity contribution is 5.59. The molecule has 0 amide bonds. The average Bonchev–Trinajstić information content (AvgIpc) is 2.18. The van der Waals surface area contributed by atoms with Crippen molar-refractivity contribution >= 4 is 12.0 Å². The fourth-order valence-electron chi connectivity index (χ4n) is 1.37. The number of nitro groups is 1. The van der Waals surface area contributed by atoms with E-state index in [1.165, 1.54) is 0 Å². The molecule has 0 heterocycles. The lowest BCUT2D eigenvalue weighted by molar-refractivity contribution is -0.385. The van der Waals surface area contributed by atoms with Gasteiger partial charge in [0, 0.05) is 18.1 Å². The van der Waals surface area contributed by atoms with Crippen LogP contribution in [0, 0.1) is 10.1 Å². The third-order valence-electron chi connectivity index (χ3n) is 2.28. The van der Waals surface area contributed by atoms with Gasteiger partial charge in [-0.1, -0.05) is 26.0 Å². The van der Waals surface area contributed by atoms with Crippen molar-refractivity contribution in [3.05, 3.63) is 39.4 Å². The summed E-state index contributed by atoms with van der Waals surface area (Å²) in [7, 11) is 0. The summed E-state index contributed by atoms with van der Waals surface area (Å²) in [5, 5.41) is 10.8. The molecule has 4 nitrogen and oxygen atoms in total. The smallest absolute Gasteiger partial charge is 0.273 e. The second-order valence-electron chi connectivity index (χ2n) is 3.67. The van der Waals surface area contributed by atoms with E-state index in [4.69, 9.17) is 0 Å². The molecular weight excluding hydrogens is 194 g/mol. The molecule has 1 aromatic carbocycles. The molecule has 15 heavy (non-hydrogen) atoms. The molecule has 1 aromatic rings. The summed E-state index contributed by atoms with van der Waals surface area (Å²) in [4.78, 5) is 20.7. The summed E-state index contributed by atoms with van der Waals surface area (Å²) in [6.07, 6.45) is 0.770. The molecule has 0 aliphatic carbocycles. The first kappa shape index (κ1) is 11.4. The van der Waals surface area contributed by atoms with Gasteiger partial charge in [-0.2, -0.15) is 0 Å². The highest BCUT2D eigenvalue weighted by atomic mass is 16.6. The lowest BCUT2D eigenvalue weighted by Crippen LogP contribution is -1.98. The standard InChI is InChI=1S/C11H13NO3/c1-8(2)10-4-3-9(5-6-13)11(7-10)12(14)15/h3-4,6-8H,5H2,1-2H3. The Labute approximate surface area is 88.1 Å². The van der Waals surface area contributed by atoms with Gasteiger partial charge in [-0.05, 0) is 11.5 Å². The number of hydrogen-bond acceptors (Lipinski definition) is 3. The molecule has 0 aliphatic rings. The minimum atomic E-state index is -0.440. The fraction of sp³-hybridized carbons (Fsp3) is 0.364. The number of carbonyl (C=O) groups excluding carboxylic acids is 1. The largest absolute Gasteiger partial charge is 0.303 e. The Hall–Kier alpha value is -1.71. The molecule has 4 heteroatoms. The Morgan fingerprint density at radius 1 is 1.47 bits per heavy atom. The van der Waals surface area contributed by atoms with Crippen molar-refractivity contribution < 1.29 is 9.72 Å². The average molecular weight is 207 g/mol. The molecule has 0 saturated carbocycles. The van der Waals surface area contributed by atoms with Gasteiger partial charge in [0.1, 0.15) is 6.29 Å². The first-order valence-corrected chi connectivity index (χ1v) is 4.77. The molecule has 80 valence electrons. The molecule has 0 aliphatic heterocycles. The van der Waals surface area contributed by atoms with Crippen LogP contribution in [-0.2, 0) is 11.2 Å². The molecule has 0 saturated heterocycles. The van der Waals surface area contributed by atoms with Crippen LogP contribution in [0.5, 0.6) is 0 Å². The molecule has 0 aromatic heterocycles. The van der Waals surface area contributed by atoms with Crippen LogP contribution in [0.1, 0.15) is 30.9 Å². The SMILES string of the molecule is CC(C)c1ccc(CC=O)c([N+](=O)[O-])c1. The second kappa shape index (κ2) is 4.68. The third-order valence-corrected chi connectivity index (χ3v) is 2.28. The molecule has 0 radical (unpaired) electrons. The Bertz CT molecular complexity index is 385. The fourth-order valence-corrected chi connectivity index (χ4v) is 1.37. The van der Waals surface area contributed by atoms with Crippen molar-refractivity contribution in [2.75, 3.05) is 0 Å². The van der Waals surface area contributed by atoms with Gasteiger partial charge in [0.05, 0.1) is 4.92 Å². The highest BCUT2D eigenvalue weighted by Crippen LogP contribution is 2.24. The number of nitro benzene ring substituents is 1. The summed E-state index contributed by atoms with van der Waals surface area (Å²) in [5.41, 5.74) is 1.42. The van der Waals surface area contributed by atoms with Gasteiger partial charge in [0.2, 0.25) is 0 Å². The van der Waals surface area contributed by atoms with Gasteiger partial charge in [-0.3, -0.25) is 10.1 Å². The highest BCUT2D eigenvalue weighted by Gasteiger charge is 2.14. The molecule has 0 N–H and O–H groups in total. The zero-order chi connectivity index (χ0) is 11.4. The van der Waals surface area contributed by atoms with E-state index in [9.17, 15) is 14.9 Å². The van der Waals surface area contributed by atoms with Gasteiger partial charge >= 0.3 is 0 Å². The van der Waals surface area contributed by atoms with Gasteiger partial charge in [-0.25, -0.2) is 0 Å². The number of nitrogens with zero attached hydrogens (tertiary/aromatic N) is 1. The molecule has 0 fully saturated rings. The zero-order valence-electron chi connectivity index (χ0n) is 8.77. The second-order valence-corrected chi connectivity index (χ2v) is 3.67. The van der Waals surface area contributed by atoms with E-state index in [0.29, 0.717) is 11.8 Å². The lowest BCUT2D eigenvalue weighted by atomic mass is 9.99. The van der Waals surface area contributed by atoms with E-state index < -0.39 is 4.92 Å². The topological polar surface area (TPSA) is 60.2 Å². The Kier molecular flexibility index (Phi) is 3.55. The van der Waals surface area contributed by atoms with E-state index in [2.05, 4.69) is 0 Å². The van der Waals surface area contributed by atoms with Crippen molar-refractivity contribution in [2.24, 2.45) is 0 Å². The summed E-state index contributed by atoms with van der Waals surface area (Å²) >= 11 is 0. The maximum absolute atomic E-state index is 10.8. The molecular formula is C11H13NO3. The van der Waals surface area contributed by atoms with Crippen LogP contribution < -0.4 is 0 Å². The predicted octanol–water partition coefficient (Wildman–Crippen LogP) is 2.46. The van der Waals surface area contributed by atoms with Crippen molar-refractivity contribution in [3.63, 3.8) is 0 Å². The number of hydrogen-bond donors (Lipinski definition) is 0. The van der Waals surface area contributed by atoms with Crippen LogP contribution in [-0.4, -0.2) is 11.2 Å². The van der Waals surface area contributed by atoms with Crippen molar-refractivity contribution in [3.8, 4) is 0 Å². The van der Waals surface area contributed by atoms with E-state index in [-0.39, 0.29) is 18.0 Å². The number of benzene rings is 1. The predicted molar refractivity (Wildman–Crippen MR) is 57.0 cm³/mol. The van der Waals surface area contributed by atoms with Crippen molar-refractivity contribution in [1.29, 1.82) is 0 Å². The minimum absolute atomic E-state index is 0.0355. The monoisotopic (exact) mass is 207 g/mol. The summed E-state index contributed by atoms with van der Waals surface area (Å²) < 4.78 is 0. The lowest BCUT2D eigenvalue weighted by Gasteiger charge is -2.06. The van der Waals surface area contributed by atoms with E-state index in [1.54, 1.807) is 12.1 Å². The summed E-state index contributed by atoms with van der Waals surface area (Å²) in [5.74, 6) is 0.244. The third kappa shape index (κ3) is 2.62. The number of rotatable bonds is 4. The number of carbonyl (C=O) groups is 1. The van der Waals surface area contributed by atoms with Gasteiger partial charge < -0.3 is 4.79 Å². The van der Waals surface area contributed by atoms with E-state index in [0.717, 1.165) is 5.56 Å². The van der Waals surface area contributed by atoms with Gasteiger partial charge in [0.15, 0.2) is 0 Å². The van der Waals surface area contributed by atoms with Crippen LogP contribution in [0.15, 0.2) is 18.2 Å². The molecule has 0 bridgehead atoms. The normalized spacial score (nSPS) is 10.3. The molecule has 1 rings (SSSR count). The van der Waals surface area contributed by atoms with Gasteiger partial charge in [-0.15, -0.1) is 0 Å². The summed E-state index contributed by atoms with van der Waals surface area (Å²) in [6, 6.07) is 5.03. The van der Waals surface area contributed by atoms with Crippen LogP contribution in [0.25, 0.3) is 0 Å². The van der Waals surface area contributed by atoms with Crippen molar-refractivity contribution in [2.45, 2.75) is 26.2 Å². The van der Waals surface area contributed by atoms with Crippen LogP contribution in [0.4, 0.5) is 5.69 Å².